The number of likely N-dealkylation sites (N-methyl/N-ethyl adjacent to an activating group) is 1. The molecule has 0 amide bonds. The summed E-state index contributed by atoms with van der Waals surface area (Å²) in [5.41, 5.74) is 2.71. The van der Waals surface area contributed by atoms with Crippen molar-refractivity contribution >= 4 is 18.1 Å². The smallest absolute Gasteiger partial charge is 0.162 e. The lowest BCUT2D eigenvalue weighted by molar-refractivity contribution is 0.284. The van der Waals surface area contributed by atoms with E-state index in [1.54, 1.807) is 14.2 Å². The highest BCUT2D eigenvalue weighted by molar-refractivity contribution is 5.85. The standard InChI is InChI=1S/C16H24N2O2.ClH/c1-17(2)13-7-11-8-15(19-3)16(20-4)9-14(11)18(10-13)12-5-6-12;/h8-9,12-13H,5-7,10H2,1-4H3;1H. The second-order valence-corrected chi connectivity index (χ2v) is 6.04. The second-order valence-electron chi connectivity index (χ2n) is 6.04. The van der Waals surface area contributed by atoms with Crippen molar-refractivity contribution in [3.8, 4) is 11.5 Å². The van der Waals surface area contributed by atoms with Crippen LogP contribution in [0.3, 0.4) is 0 Å². The average molecular weight is 313 g/mol. The minimum absolute atomic E-state index is 0. The maximum Gasteiger partial charge on any atom is 0.162 e. The highest BCUT2D eigenvalue weighted by atomic mass is 35.5. The van der Waals surface area contributed by atoms with Crippen molar-refractivity contribution in [3.05, 3.63) is 17.7 Å². The minimum Gasteiger partial charge on any atom is -0.493 e. The molecule has 0 spiro atoms. The summed E-state index contributed by atoms with van der Waals surface area (Å²) < 4.78 is 10.9. The molecule has 1 saturated carbocycles. The molecule has 3 rings (SSSR count). The number of anilines is 1. The van der Waals surface area contributed by atoms with E-state index in [0.717, 1.165) is 30.5 Å². The predicted octanol–water partition coefficient (Wildman–Crippen LogP) is 2.58. The molecule has 1 fully saturated rings. The van der Waals surface area contributed by atoms with E-state index in [1.807, 2.05) is 0 Å². The highest BCUT2D eigenvalue weighted by Gasteiger charge is 2.36. The number of rotatable bonds is 4. The minimum atomic E-state index is 0. The van der Waals surface area contributed by atoms with Crippen LogP contribution in [0.2, 0.25) is 0 Å². The topological polar surface area (TPSA) is 24.9 Å². The molecule has 5 heteroatoms. The molecule has 0 saturated heterocycles. The van der Waals surface area contributed by atoms with Crippen LogP contribution in [0.15, 0.2) is 12.1 Å². The molecule has 0 N–H and O–H groups in total. The van der Waals surface area contributed by atoms with Crippen molar-refractivity contribution in [3.63, 3.8) is 0 Å². The normalized spacial score (nSPS) is 20.8. The molecule has 1 aliphatic carbocycles. The van der Waals surface area contributed by atoms with Gasteiger partial charge in [-0.05, 0) is 45.0 Å². The van der Waals surface area contributed by atoms with E-state index < -0.39 is 0 Å². The predicted molar refractivity (Wildman–Crippen MR) is 88.3 cm³/mol. The van der Waals surface area contributed by atoms with Crippen LogP contribution in [0.4, 0.5) is 5.69 Å². The number of halogens is 1. The van der Waals surface area contributed by atoms with Crippen LogP contribution >= 0.6 is 12.4 Å². The molecule has 1 unspecified atom stereocenters. The van der Waals surface area contributed by atoms with Crippen molar-refractivity contribution < 1.29 is 9.47 Å². The summed E-state index contributed by atoms with van der Waals surface area (Å²) in [5, 5.41) is 0. The Morgan fingerprint density at radius 2 is 1.71 bits per heavy atom. The fraction of sp³-hybridized carbons (Fsp3) is 0.625. The van der Waals surface area contributed by atoms with Gasteiger partial charge in [-0.1, -0.05) is 0 Å². The van der Waals surface area contributed by atoms with Gasteiger partial charge in [-0.2, -0.15) is 0 Å². The molecular formula is C16H25ClN2O2. The first-order valence-corrected chi connectivity index (χ1v) is 7.32. The molecule has 21 heavy (non-hydrogen) atoms. The molecular weight excluding hydrogens is 288 g/mol. The Labute approximate surface area is 133 Å². The SMILES string of the molecule is COc1cc2c(cc1OC)N(C1CC1)CC(N(C)C)C2.Cl. The van der Waals surface area contributed by atoms with Gasteiger partial charge < -0.3 is 19.3 Å². The lowest BCUT2D eigenvalue weighted by Gasteiger charge is -2.39. The largest absolute Gasteiger partial charge is 0.493 e. The van der Waals surface area contributed by atoms with Gasteiger partial charge in [-0.15, -0.1) is 12.4 Å². The molecule has 1 heterocycles. The van der Waals surface area contributed by atoms with Crippen LogP contribution < -0.4 is 14.4 Å². The van der Waals surface area contributed by atoms with Gasteiger partial charge in [0.25, 0.3) is 0 Å². The number of nitrogens with zero attached hydrogens (tertiary/aromatic N) is 2. The van der Waals surface area contributed by atoms with Gasteiger partial charge in [0.05, 0.1) is 14.2 Å². The van der Waals surface area contributed by atoms with Crippen molar-refractivity contribution in [1.29, 1.82) is 0 Å². The van der Waals surface area contributed by atoms with E-state index in [1.165, 1.54) is 24.1 Å². The van der Waals surface area contributed by atoms with Crippen molar-refractivity contribution in [2.45, 2.75) is 31.3 Å². The summed E-state index contributed by atoms with van der Waals surface area (Å²) in [6, 6.07) is 5.59. The van der Waals surface area contributed by atoms with Gasteiger partial charge in [-0.3, -0.25) is 0 Å². The Hall–Kier alpha value is -1.13. The number of benzene rings is 1. The number of hydrogen-bond acceptors (Lipinski definition) is 4. The van der Waals surface area contributed by atoms with Crippen molar-refractivity contribution in [2.24, 2.45) is 0 Å². The maximum atomic E-state index is 5.46. The van der Waals surface area contributed by atoms with E-state index in [-0.39, 0.29) is 12.4 Å². The molecule has 0 aromatic heterocycles. The summed E-state index contributed by atoms with van der Waals surface area (Å²) in [5.74, 6) is 1.67. The number of methoxy groups -OCH3 is 2. The van der Waals surface area contributed by atoms with E-state index in [9.17, 15) is 0 Å². The van der Waals surface area contributed by atoms with Crippen LogP contribution in [0.25, 0.3) is 0 Å². The summed E-state index contributed by atoms with van der Waals surface area (Å²) in [4.78, 5) is 4.89. The van der Waals surface area contributed by atoms with E-state index in [0.29, 0.717) is 6.04 Å². The quantitative estimate of drug-likeness (QED) is 0.853. The number of hydrogen-bond donors (Lipinski definition) is 0. The Bertz CT molecular complexity index is 503. The van der Waals surface area contributed by atoms with Gasteiger partial charge in [0.2, 0.25) is 0 Å². The van der Waals surface area contributed by atoms with Crippen LogP contribution in [-0.2, 0) is 6.42 Å². The zero-order chi connectivity index (χ0) is 14.3. The van der Waals surface area contributed by atoms with Crippen LogP contribution in [0.5, 0.6) is 11.5 Å². The third kappa shape index (κ3) is 3.06. The van der Waals surface area contributed by atoms with Gasteiger partial charge in [-0.25, -0.2) is 0 Å². The van der Waals surface area contributed by atoms with Gasteiger partial charge in [0.1, 0.15) is 0 Å². The molecule has 1 atom stereocenters. The fourth-order valence-electron chi connectivity index (χ4n) is 3.06. The molecule has 1 aromatic carbocycles. The van der Waals surface area contributed by atoms with Crippen LogP contribution in [0, 0.1) is 0 Å². The highest BCUT2D eigenvalue weighted by Crippen LogP contribution is 2.42. The Morgan fingerprint density at radius 3 is 2.24 bits per heavy atom. The third-order valence-electron chi connectivity index (χ3n) is 4.48. The first-order chi connectivity index (χ1) is 9.63. The molecule has 1 aliphatic heterocycles. The Kier molecular flexibility index (Phi) is 4.89. The summed E-state index contributed by atoms with van der Waals surface area (Å²) >= 11 is 0. The average Bonchev–Trinajstić information content (AvgIpc) is 3.28. The van der Waals surface area contributed by atoms with Gasteiger partial charge >= 0.3 is 0 Å². The zero-order valence-corrected chi connectivity index (χ0v) is 14.1. The summed E-state index contributed by atoms with van der Waals surface area (Å²) in [6.45, 7) is 1.11. The fourth-order valence-corrected chi connectivity index (χ4v) is 3.06. The van der Waals surface area contributed by atoms with E-state index >= 15 is 0 Å². The molecule has 1 aromatic rings. The first kappa shape index (κ1) is 16.2. The molecule has 4 nitrogen and oxygen atoms in total. The molecule has 2 aliphatic rings. The zero-order valence-electron chi connectivity index (χ0n) is 13.3. The van der Waals surface area contributed by atoms with Gasteiger partial charge in [0, 0.05) is 30.4 Å². The lowest BCUT2D eigenvalue weighted by atomic mass is 9.96. The molecule has 118 valence electrons. The van der Waals surface area contributed by atoms with Crippen LogP contribution in [0.1, 0.15) is 18.4 Å². The summed E-state index contributed by atoms with van der Waals surface area (Å²) in [6.07, 6.45) is 3.70. The Morgan fingerprint density at radius 1 is 1.10 bits per heavy atom. The monoisotopic (exact) mass is 312 g/mol. The number of ether oxygens (including phenoxy) is 2. The third-order valence-corrected chi connectivity index (χ3v) is 4.48. The maximum absolute atomic E-state index is 5.46. The Balaban J connectivity index is 0.00000161. The first-order valence-electron chi connectivity index (χ1n) is 7.32. The van der Waals surface area contributed by atoms with Gasteiger partial charge in [0.15, 0.2) is 11.5 Å². The second kappa shape index (κ2) is 6.32. The lowest BCUT2D eigenvalue weighted by Crippen LogP contribution is -2.46. The van der Waals surface area contributed by atoms with Crippen molar-refractivity contribution in [2.75, 3.05) is 39.8 Å². The van der Waals surface area contributed by atoms with Crippen LogP contribution in [-0.4, -0.2) is 51.8 Å². The van der Waals surface area contributed by atoms with E-state index in [2.05, 4.69) is 36.0 Å². The molecule has 0 radical (unpaired) electrons. The summed E-state index contributed by atoms with van der Waals surface area (Å²) in [7, 11) is 7.75. The molecule has 0 bridgehead atoms. The number of fused-ring (bicyclic) bond motifs is 1. The van der Waals surface area contributed by atoms with Crippen molar-refractivity contribution in [1.82, 2.24) is 4.90 Å². The van der Waals surface area contributed by atoms with E-state index in [4.69, 9.17) is 9.47 Å².